The maximum absolute atomic E-state index is 12.3. The molecule has 0 aliphatic heterocycles. The number of methoxy groups -OCH3 is 1. The Hall–Kier alpha value is -2.23. The molecule has 0 saturated carbocycles. The zero-order valence-electron chi connectivity index (χ0n) is 13.8. The van der Waals surface area contributed by atoms with E-state index in [1.54, 1.807) is 31.4 Å². The van der Waals surface area contributed by atoms with Crippen LogP contribution in [0.1, 0.15) is 15.2 Å². The number of carbonyl (C=O) groups is 2. The molecular weight excluding hydrogens is 390 g/mol. The standard InChI is InChI=1S/C17H15N3O3S3/c1-23-12-5-2-4-11(8-12)14(21)10-25-17-20-19-16(26-17)18-15(22)9-13-6-3-7-24-13/h2-8H,9-10H2,1H3,(H,18,19,22). The second kappa shape index (κ2) is 8.93. The maximum atomic E-state index is 12.3. The molecule has 0 aliphatic rings. The van der Waals surface area contributed by atoms with E-state index in [2.05, 4.69) is 15.5 Å². The third-order valence-corrected chi connectivity index (χ3v) is 6.13. The lowest BCUT2D eigenvalue weighted by atomic mass is 10.1. The SMILES string of the molecule is COc1cccc(C(=O)CSc2nnc(NC(=O)Cc3cccs3)s2)c1. The van der Waals surface area contributed by atoms with Crippen LogP contribution < -0.4 is 10.1 Å². The van der Waals surface area contributed by atoms with Gasteiger partial charge in [-0.15, -0.1) is 21.5 Å². The fourth-order valence-corrected chi connectivity index (χ4v) is 4.43. The number of rotatable bonds is 8. The molecule has 0 fully saturated rings. The molecule has 2 heterocycles. The number of Topliss-reactive ketones (excluding diaryl/α,β-unsaturated/α-hetero) is 1. The highest BCUT2D eigenvalue weighted by Gasteiger charge is 2.12. The monoisotopic (exact) mass is 405 g/mol. The number of nitrogens with zero attached hydrogens (tertiary/aromatic N) is 2. The Kier molecular flexibility index (Phi) is 6.37. The lowest BCUT2D eigenvalue weighted by Crippen LogP contribution is -2.13. The molecule has 9 heteroatoms. The summed E-state index contributed by atoms with van der Waals surface area (Å²) in [4.78, 5) is 25.2. The van der Waals surface area contributed by atoms with Crippen molar-refractivity contribution in [3.63, 3.8) is 0 Å². The molecule has 0 bridgehead atoms. The Balaban J connectivity index is 1.51. The third kappa shape index (κ3) is 5.13. The second-order valence-corrected chi connectivity index (χ2v) is 8.35. The number of nitrogens with one attached hydrogen (secondary N) is 1. The quantitative estimate of drug-likeness (QED) is 0.349. The van der Waals surface area contributed by atoms with Gasteiger partial charge in [0.25, 0.3) is 0 Å². The van der Waals surface area contributed by atoms with E-state index in [1.165, 1.54) is 34.4 Å². The summed E-state index contributed by atoms with van der Waals surface area (Å²) in [6.07, 6.45) is 0.314. The van der Waals surface area contributed by atoms with Crippen molar-refractivity contribution in [2.24, 2.45) is 0 Å². The number of amides is 1. The van der Waals surface area contributed by atoms with Gasteiger partial charge in [0.2, 0.25) is 11.0 Å². The van der Waals surface area contributed by atoms with E-state index >= 15 is 0 Å². The van der Waals surface area contributed by atoms with Crippen molar-refractivity contribution >= 4 is 51.3 Å². The highest BCUT2D eigenvalue weighted by molar-refractivity contribution is 8.01. The number of hydrogen-bond donors (Lipinski definition) is 1. The largest absolute Gasteiger partial charge is 0.497 e. The maximum Gasteiger partial charge on any atom is 0.231 e. The number of aromatic nitrogens is 2. The highest BCUT2D eigenvalue weighted by Crippen LogP contribution is 2.26. The van der Waals surface area contributed by atoms with E-state index in [0.29, 0.717) is 27.2 Å². The van der Waals surface area contributed by atoms with E-state index in [1.807, 2.05) is 17.5 Å². The molecule has 0 saturated heterocycles. The van der Waals surface area contributed by atoms with Crippen molar-refractivity contribution < 1.29 is 14.3 Å². The lowest BCUT2D eigenvalue weighted by molar-refractivity contribution is -0.115. The van der Waals surface area contributed by atoms with Crippen molar-refractivity contribution in [2.75, 3.05) is 18.2 Å². The summed E-state index contributed by atoms with van der Waals surface area (Å²) in [7, 11) is 1.56. The van der Waals surface area contributed by atoms with Gasteiger partial charge in [-0.2, -0.15) is 0 Å². The van der Waals surface area contributed by atoms with Crippen molar-refractivity contribution in [2.45, 2.75) is 10.8 Å². The van der Waals surface area contributed by atoms with E-state index in [-0.39, 0.29) is 17.4 Å². The average Bonchev–Trinajstić information content (AvgIpc) is 3.31. The number of benzene rings is 1. The van der Waals surface area contributed by atoms with Crippen LogP contribution in [0.3, 0.4) is 0 Å². The van der Waals surface area contributed by atoms with Gasteiger partial charge in [-0.3, -0.25) is 9.59 Å². The van der Waals surface area contributed by atoms with Crippen molar-refractivity contribution in [1.29, 1.82) is 0 Å². The van der Waals surface area contributed by atoms with Crippen LogP contribution in [0.25, 0.3) is 0 Å². The Morgan fingerprint density at radius 1 is 1.23 bits per heavy atom. The predicted octanol–water partition coefficient (Wildman–Crippen LogP) is 3.76. The molecule has 6 nitrogen and oxygen atoms in total. The summed E-state index contributed by atoms with van der Waals surface area (Å²) < 4.78 is 5.76. The number of hydrogen-bond acceptors (Lipinski definition) is 8. The Morgan fingerprint density at radius 2 is 2.12 bits per heavy atom. The van der Waals surface area contributed by atoms with Gasteiger partial charge in [0.05, 0.1) is 19.3 Å². The van der Waals surface area contributed by atoms with Crippen LogP contribution in [-0.2, 0) is 11.2 Å². The van der Waals surface area contributed by atoms with E-state index in [0.717, 1.165) is 4.88 Å². The summed E-state index contributed by atoms with van der Waals surface area (Å²) in [5.41, 5.74) is 0.589. The van der Waals surface area contributed by atoms with Gasteiger partial charge in [0.15, 0.2) is 10.1 Å². The Bertz CT molecular complexity index is 894. The fourth-order valence-electron chi connectivity index (χ4n) is 2.06. The fraction of sp³-hybridized carbons (Fsp3) is 0.176. The van der Waals surface area contributed by atoms with Crippen LogP contribution in [0.5, 0.6) is 5.75 Å². The summed E-state index contributed by atoms with van der Waals surface area (Å²) in [6, 6.07) is 10.9. The molecule has 134 valence electrons. The molecule has 0 atom stereocenters. The van der Waals surface area contributed by atoms with Crippen LogP contribution in [0, 0.1) is 0 Å². The van der Waals surface area contributed by atoms with Crippen LogP contribution in [0.15, 0.2) is 46.1 Å². The van der Waals surface area contributed by atoms with Gasteiger partial charge in [-0.05, 0) is 23.6 Å². The number of ether oxygens (including phenoxy) is 1. The summed E-state index contributed by atoms with van der Waals surface area (Å²) >= 11 is 4.08. The second-order valence-electron chi connectivity index (χ2n) is 5.12. The summed E-state index contributed by atoms with van der Waals surface area (Å²) in [5.74, 6) is 0.734. The average molecular weight is 406 g/mol. The number of carbonyl (C=O) groups excluding carboxylic acids is 2. The zero-order valence-corrected chi connectivity index (χ0v) is 16.2. The van der Waals surface area contributed by atoms with E-state index < -0.39 is 0 Å². The molecule has 1 N–H and O–H groups in total. The topological polar surface area (TPSA) is 81.2 Å². The molecule has 1 aromatic carbocycles. The van der Waals surface area contributed by atoms with E-state index in [4.69, 9.17) is 4.74 Å². The van der Waals surface area contributed by atoms with Crippen LogP contribution in [0.2, 0.25) is 0 Å². The van der Waals surface area contributed by atoms with Crippen molar-refractivity contribution in [1.82, 2.24) is 10.2 Å². The van der Waals surface area contributed by atoms with E-state index in [9.17, 15) is 9.59 Å². The molecule has 3 rings (SSSR count). The zero-order chi connectivity index (χ0) is 18.4. The number of anilines is 1. The molecule has 0 radical (unpaired) electrons. The minimum atomic E-state index is -0.132. The molecule has 0 spiro atoms. The molecule has 2 aromatic heterocycles. The van der Waals surface area contributed by atoms with Crippen molar-refractivity contribution in [3.05, 3.63) is 52.2 Å². The van der Waals surface area contributed by atoms with Gasteiger partial charge in [0.1, 0.15) is 5.75 Å². The van der Waals surface area contributed by atoms with Crippen LogP contribution in [0.4, 0.5) is 5.13 Å². The lowest BCUT2D eigenvalue weighted by Gasteiger charge is -2.02. The molecule has 1 amide bonds. The van der Waals surface area contributed by atoms with Gasteiger partial charge in [0, 0.05) is 10.4 Å². The van der Waals surface area contributed by atoms with Gasteiger partial charge < -0.3 is 10.1 Å². The number of thiophene rings is 1. The highest BCUT2D eigenvalue weighted by atomic mass is 32.2. The first-order valence-corrected chi connectivity index (χ1v) is 10.3. The smallest absolute Gasteiger partial charge is 0.231 e. The van der Waals surface area contributed by atoms with Crippen LogP contribution >= 0.6 is 34.4 Å². The molecule has 3 aromatic rings. The normalized spacial score (nSPS) is 10.5. The third-order valence-electron chi connectivity index (χ3n) is 3.29. The molecule has 0 unspecified atom stereocenters. The number of thioether (sulfide) groups is 1. The van der Waals surface area contributed by atoms with Gasteiger partial charge in [-0.25, -0.2) is 0 Å². The number of ketones is 1. The summed E-state index contributed by atoms with van der Waals surface area (Å²) in [6.45, 7) is 0. The molecule has 0 aliphatic carbocycles. The Labute approximate surface area is 162 Å². The van der Waals surface area contributed by atoms with Gasteiger partial charge >= 0.3 is 0 Å². The van der Waals surface area contributed by atoms with Crippen LogP contribution in [-0.4, -0.2) is 34.8 Å². The molecule has 26 heavy (non-hydrogen) atoms. The minimum Gasteiger partial charge on any atom is -0.497 e. The molecular formula is C17H15N3O3S3. The van der Waals surface area contributed by atoms with Crippen molar-refractivity contribution in [3.8, 4) is 5.75 Å². The minimum absolute atomic E-state index is 0.0209. The first kappa shape index (κ1) is 18.6. The first-order chi connectivity index (χ1) is 12.6. The summed E-state index contributed by atoms with van der Waals surface area (Å²) in [5, 5.41) is 13.1. The first-order valence-electron chi connectivity index (χ1n) is 7.60. The predicted molar refractivity (Wildman–Crippen MR) is 105 cm³/mol. The Morgan fingerprint density at radius 3 is 2.88 bits per heavy atom. The van der Waals surface area contributed by atoms with Gasteiger partial charge in [-0.1, -0.05) is 41.3 Å².